The third-order valence-electron chi connectivity index (χ3n) is 3.98. The number of hydrogen-bond acceptors (Lipinski definition) is 11. The van der Waals surface area contributed by atoms with Gasteiger partial charge in [0.2, 0.25) is 23.6 Å². The molecule has 4 amide bonds. The predicted molar refractivity (Wildman–Crippen MR) is 140 cm³/mol. The first-order chi connectivity index (χ1) is 18.3. The summed E-state index contributed by atoms with van der Waals surface area (Å²) in [4.78, 5) is 46.1. The Morgan fingerprint density at radius 3 is 1.37 bits per heavy atom. The molecule has 0 saturated heterocycles. The average molecular weight is 567 g/mol. The van der Waals surface area contributed by atoms with Crippen LogP contribution in [0.15, 0.2) is 11.5 Å². The highest BCUT2D eigenvalue weighted by Crippen LogP contribution is 2.10. The van der Waals surface area contributed by atoms with E-state index in [9.17, 15) is 19.2 Å². The van der Waals surface area contributed by atoms with E-state index >= 15 is 0 Å². The van der Waals surface area contributed by atoms with Gasteiger partial charge < -0.3 is 50.1 Å². The molecule has 0 aliphatic rings. The summed E-state index contributed by atoms with van der Waals surface area (Å²) in [6.07, 6.45) is 0. The lowest BCUT2D eigenvalue weighted by atomic mass is 10.5. The molecule has 0 bridgehead atoms. The highest BCUT2D eigenvalue weighted by atomic mass is 32.2. The number of nitrogens with two attached hydrogens (primary N) is 1. The fraction of sp³-hybridized carbons (Fsp3) is 0.739. The van der Waals surface area contributed by atoms with Gasteiger partial charge in [-0.15, -0.1) is 11.8 Å². The van der Waals surface area contributed by atoms with Crippen molar-refractivity contribution in [1.82, 2.24) is 16.0 Å². The largest absolute Gasteiger partial charge is 0.377 e. The van der Waals surface area contributed by atoms with Crippen LogP contribution >= 0.6 is 11.8 Å². The Labute approximate surface area is 228 Å². The van der Waals surface area contributed by atoms with Crippen molar-refractivity contribution in [1.29, 1.82) is 0 Å². The molecular weight excluding hydrogens is 524 g/mol. The lowest BCUT2D eigenvalue weighted by molar-refractivity contribution is -0.127. The summed E-state index contributed by atoms with van der Waals surface area (Å²) in [6, 6.07) is 0. The summed E-state index contributed by atoms with van der Waals surface area (Å²) < 4.78 is 31.2. The minimum Gasteiger partial charge on any atom is -0.377 e. The molecule has 14 nitrogen and oxygen atoms in total. The van der Waals surface area contributed by atoms with E-state index < -0.39 is 5.91 Å². The Kier molecular flexibility index (Phi) is 24.8. The maximum atomic E-state index is 11.7. The van der Waals surface area contributed by atoms with Gasteiger partial charge in [-0.1, -0.05) is 6.58 Å². The summed E-state index contributed by atoms with van der Waals surface area (Å²) in [5, 5.41) is 8.01. The first kappa shape index (κ1) is 35.7. The number of carbonyl (C=O) groups excluding carboxylic acids is 4. The topological polar surface area (TPSA) is 186 Å². The number of ether oxygens (including phenoxy) is 6. The van der Waals surface area contributed by atoms with Crippen molar-refractivity contribution in [3.63, 3.8) is 0 Å². The number of primary amides is 1. The van der Waals surface area contributed by atoms with Crippen LogP contribution in [0.1, 0.15) is 6.92 Å². The highest BCUT2D eigenvalue weighted by molar-refractivity contribution is 8.03. The second kappa shape index (κ2) is 26.3. The lowest BCUT2D eigenvalue weighted by Crippen LogP contribution is -2.32. The first-order valence-electron chi connectivity index (χ1n) is 12.1. The van der Waals surface area contributed by atoms with E-state index in [2.05, 4.69) is 22.5 Å². The number of amides is 4. The van der Waals surface area contributed by atoms with Gasteiger partial charge in [0.15, 0.2) is 0 Å². The van der Waals surface area contributed by atoms with E-state index in [1.807, 2.05) is 6.92 Å². The normalized spacial score (nSPS) is 10.7. The van der Waals surface area contributed by atoms with Crippen LogP contribution < -0.4 is 21.7 Å². The summed E-state index contributed by atoms with van der Waals surface area (Å²) >= 11 is 1.39. The van der Waals surface area contributed by atoms with Crippen molar-refractivity contribution in [2.45, 2.75) is 6.92 Å². The molecule has 0 rings (SSSR count). The molecule has 0 unspecified atom stereocenters. The van der Waals surface area contributed by atoms with Gasteiger partial charge in [-0.3, -0.25) is 19.2 Å². The van der Waals surface area contributed by atoms with Gasteiger partial charge in [0.1, 0.15) is 19.8 Å². The molecule has 5 N–H and O–H groups in total. The molecule has 0 spiro atoms. The number of rotatable bonds is 27. The molecule has 0 atom stereocenters. The minimum atomic E-state index is -0.541. The Balaban J connectivity index is 3.34. The van der Waals surface area contributed by atoms with Crippen LogP contribution in [0.5, 0.6) is 0 Å². The first-order valence-corrected chi connectivity index (χ1v) is 13.1. The van der Waals surface area contributed by atoms with Crippen molar-refractivity contribution < 1.29 is 47.6 Å². The SMILES string of the molecule is C=C(C)SCC(=O)NCCOCCOCC(=O)NCCOCCOCC(=O)NCCOCCOCC(N)=O. The smallest absolute Gasteiger partial charge is 0.246 e. The van der Waals surface area contributed by atoms with Crippen LogP contribution in [0.3, 0.4) is 0 Å². The van der Waals surface area contributed by atoms with Crippen LogP contribution in [-0.2, 0) is 47.6 Å². The molecule has 0 aromatic rings. The number of allylic oxidation sites excluding steroid dienone is 1. The Hall–Kier alpha value is -2.27. The third-order valence-corrected chi connectivity index (χ3v) is 4.88. The Morgan fingerprint density at radius 1 is 0.605 bits per heavy atom. The minimum absolute atomic E-state index is 0.0733. The van der Waals surface area contributed by atoms with E-state index in [0.29, 0.717) is 58.4 Å². The van der Waals surface area contributed by atoms with Gasteiger partial charge in [-0.05, 0) is 11.8 Å². The van der Waals surface area contributed by atoms with Gasteiger partial charge >= 0.3 is 0 Å². The van der Waals surface area contributed by atoms with Crippen LogP contribution in [0.25, 0.3) is 0 Å². The Morgan fingerprint density at radius 2 is 0.974 bits per heavy atom. The molecule has 0 fully saturated rings. The van der Waals surface area contributed by atoms with Gasteiger partial charge in [0.05, 0.1) is 65.2 Å². The van der Waals surface area contributed by atoms with Crippen molar-refractivity contribution in [2.75, 3.05) is 105 Å². The quantitative estimate of drug-likeness (QED) is 0.0821. The zero-order chi connectivity index (χ0) is 28.3. The average Bonchev–Trinajstić information content (AvgIpc) is 2.87. The van der Waals surface area contributed by atoms with E-state index in [1.54, 1.807) is 0 Å². The molecule has 0 aromatic heterocycles. The molecule has 0 saturated carbocycles. The number of nitrogens with one attached hydrogen (secondary N) is 3. The highest BCUT2D eigenvalue weighted by Gasteiger charge is 2.03. The van der Waals surface area contributed by atoms with Gasteiger partial charge in [0, 0.05) is 19.6 Å². The molecular formula is C23H42N4O10S. The molecule has 0 aromatic carbocycles. The molecule has 0 heterocycles. The molecule has 15 heteroatoms. The van der Waals surface area contributed by atoms with Crippen LogP contribution in [0.4, 0.5) is 0 Å². The van der Waals surface area contributed by atoms with Crippen molar-refractivity contribution >= 4 is 35.4 Å². The summed E-state index contributed by atoms with van der Waals surface area (Å²) in [7, 11) is 0. The van der Waals surface area contributed by atoms with Crippen molar-refractivity contribution in [3.8, 4) is 0 Å². The monoisotopic (exact) mass is 566 g/mol. The number of carbonyl (C=O) groups is 4. The van der Waals surface area contributed by atoms with Crippen LogP contribution in [0.2, 0.25) is 0 Å². The third kappa shape index (κ3) is 28.3. The molecule has 0 radical (unpaired) electrons. The summed E-state index contributed by atoms with van der Waals surface area (Å²) in [6.45, 7) is 8.82. The van der Waals surface area contributed by atoms with Gasteiger partial charge in [0.25, 0.3) is 0 Å². The fourth-order valence-corrected chi connectivity index (χ4v) is 2.77. The predicted octanol–water partition coefficient (Wildman–Crippen LogP) is -1.81. The number of hydrogen-bond donors (Lipinski definition) is 4. The Bertz CT molecular complexity index is 685. The second-order valence-electron chi connectivity index (χ2n) is 7.50. The standard InChI is InChI=1S/C23H42N4O10S/c1-19(2)38-18-23(31)27-5-8-34-11-14-37-17-22(30)26-4-7-33-10-13-36-16-21(29)25-3-6-32-9-12-35-15-20(24)28/h1,3-18H2,2H3,(H2,24,28)(H,25,29)(H,26,30)(H,27,31). The zero-order valence-corrected chi connectivity index (χ0v) is 22.9. The van der Waals surface area contributed by atoms with Crippen LogP contribution in [-0.4, -0.2) is 128 Å². The van der Waals surface area contributed by atoms with Crippen molar-refractivity contribution in [3.05, 3.63) is 11.5 Å². The van der Waals surface area contributed by atoms with Crippen LogP contribution in [0, 0.1) is 0 Å². The summed E-state index contributed by atoms with van der Waals surface area (Å²) in [5.41, 5.74) is 4.92. The zero-order valence-electron chi connectivity index (χ0n) is 22.1. The molecule has 220 valence electrons. The fourth-order valence-electron chi connectivity index (χ4n) is 2.29. The maximum Gasteiger partial charge on any atom is 0.246 e. The van der Waals surface area contributed by atoms with Crippen molar-refractivity contribution in [2.24, 2.45) is 5.73 Å². The maximum absolute atomic E-state index is 11.7. The molecule has 38 heavy (non-hydrogen) atoms. The van der Waals surface area contributed by atoms with E-state index in [0.717, 1.165) is 4.91 Å². The second-order valence-corrected chi connectivity index (χ2v) is 8.78. The van der Waals surface area contributed by atoms with E-state index in [1.165, 1.54) is 11.8 Å². The molecule has 0 aliphatic carbocycles. The molecule has 0 aliphatic heterocycles. The lowest BCUT2D eigenvalue weighted by Gasteiger charge is -2.09. The van der Waals surface area contributed by atoms with E-state index in [4.69, 9.17) is 34.2 Å². The summed E-state index contributed by atoms with van der Waals surface area (Å²) in [5.74, 6) is -0.831. The van der Waals surface area contributed by atoms with Gasteiger partial charge in [-0.25, -0.2) is 0 Å². The van der Waals surface area contributed by atoms with Gasteiger partial charge in [-0.2, -0.15) is 0 Å². The number of thioether (sulfide) groups is 1. The van der Waals surface area contributed by atoms with E-state index in [-0.39, 0.29) is 64.0 Å².